The quantitative estimate of drug-likeness (QED) is 0.927. The van der Waals surface area contributed by atoms with Crippen molar-refractivity contribution < 1.29 is 19.0 Å². The Morgan fingerprint density at radius 3 is 2.55 bits per heavy atom. The van der Waals surface area contributed by atoms with Crippen molar-refractivity contribution in [3.05, 3.63) is 23.8 Å². The van der Waals surface area contributed by atoms with Gasteiger partial charge in [-0.15, -0.1) is 0 Å². The van der Waals surface area contributed by atoms with E-state index in [0.29, 0.717) is 24.7 Å². The van der Waals surface area contributed by atoms with Crippen LogP contribution in [0.2, 0.25) is 0 Å². The summed E-state index contributed by atoms with van der Waals surface area (Å²) in [6.07, 6.45) is -0.405. The molecule has 122 valence electrons. The van der Waals surface area contributed by atoms with Gasteiger partial charge in [0.1, 0.15) is 18.8 Å². The first-order valence-corrected chi connectivity index (χ1v) is 7.37. The number of nitrogens with zero attached hydrogens (tertiary/aromatic N) is 1. The maximum absolute atomic E-state index is 12.2. The molecule has 0 aliphatic carbocycles. The molecule has 0 aromatic heterocycles. The molecule has 1 aliphatic heterocycles. The Morgan fingerprint density at radius 1 is 1.32 bits per heavy atom. The van der Waals surface area contributed by atoms with Gasteiger partial charge in [-0.1, -0.05) is 6.07 Å². The fraction of sp³-hybridized carbons (Fsp3) is 0.562. The first-order chi connectivity index (χ1) is 10.3. The van der Waals surface area contributed by atoms with Gasteiger partial charge < -0.3 is 24.8 Å². The van der Waals surface area contributed by atoms with Crippen LogP contribution in [0.25, 0.3) is 0 Å². The topological polar surface area (TPSA) is 74.0 Å². The van der Waals surface area contributed by atoms with Gasteiger partial charge in [0, 0.05) is 13.6 Å². The van der Waals surface area contributed by atoms with Gasteiger partial charge in [0.15, 0.2) is 11.5 Å². The Morgan fingerprint density at radius 2 is 1.95 bits per heavy atom. The number of nitrogens with two attached hydrogens (primary N) is 1. The van der Waals surface area contributed by atoms with Crippen LogP contribution in [-0.4, -0.2) is 43.4 Å². The number of carbonyl (C=O) groups is 1. The SMILES string of the molecule is CN(C(=O)OC(C)(C)C)C(CN)c1ccc2c(c1)OCCO2. The normalized spacial score (nSPS) is 15.1. The zero-order valence-corrected chi connectivity index (χ0v) is 13.6. The Labute approximate surface area is 131 Å². The number of fused-ring (bicyclic) bond motifs is 1. The summed E-state index contributed by atoms with van der Waals surface area (Å²) in [6.45, 7) is 6.85. The molecule has 6 heteroatoms. The third kappa shape index (κ3) is 3.82. The second-order valence-corrected chi connectivity index (χ2v) is 6.25. The molecule has 1 aliphatic rings. The summed E-state index contributed by atoms with van der Waals surface area (Å²) in [5, 5.41) is 0. The van der Waals surface area contributed by atoms with Crippen LogP contribution in [0.5, 0.6) is 11.5 Å². The molecular formula is C16H24N2O4. The lowest BCUT2D eigenvalue weighted by molar-refractivity contribution is 0.0225. The summed E-state index contributed by atoms with van der Waals surface area (Å²) in [4.78, 5) is 13.7. The minimum atomic E-state index is -0.544. The third-order valence-electron chi connectivity index (χ3n) is 3.32. The summed E-state index contributed by atoms with van der Waals surface area (Å²) >= 11 is 0. The van der Waals surface area contributed by atoms with Crippen molar-refractivity contribution in [1.82, 2.24) is 4.90 Å². The lowest BCUT2D eigenvalue weighted by Crippen LogP contribution is -2.39. The predicted octanol–water partition coefficient (Wildman–Crippen LogP) is 2.32. The highest BCUT2D eigenvalue weighted by Crippen LogP contribution is 2.33. The fourth-order valence-corrected chi connectivity index (χ4v) is 2.25. The van der Waals surface area contributed by atoms with Gasteiger partial charge in [-0.05, 0) is 38.5 Å². The van der Waals surface area contributed by atoms with E-state index in [2.05, 4.69) is 0 Å². The van der Waals surface area contributed by atoms with Crippen LogP contribution in [0.3, 0.4) is 0 Å². The van der Waals surface area contributed by atoms with Crippen molar-refractivity contribution >= 4 is 6.09 Å². The molecule has 0 fully saturated rings. The molecular weight excluding hydrogens is 284 g/mol. The van der Waals surface area contributed by atoms with Gasteiger partial charge in [-0.2, -0.15) is 0 Å². The van der Waals surface area contributed by atoms with Crippen molar-refractivity contribution in [3.63, 3.8) is 0 Å². The lowest BCUT2D eigenvalue weighted by Gasteiger charge is -2.31. The summed E-state index contributed by atoms with van der Waals surface area (Å²) in [5.41, 5.74) is 6.21. The summed E-state index contributed by atoms with van der Waals surface area (Å²) in [6, 6.07) is 5.32. The minimum Gasteiger partial charge on any atom is -0.486 e. The van der Waals surface area contributed by atoms with Gasteiger partial charge in [0.05, 0.1) is 6.04 Å². The summed E-state index contributed by atoms with van der Waals surface area (Å²) in [5.74, 6) is 1.39. The molecule has 0 saturated carbocycles. The highest BCUT2D eigenvalue weighted by Gasteiger charge is 2.26. The van der Waals surface area contributed by atoms with Gasteiger partial charge >= 0.3 is 6.09 Å². The van der Waals surface area contributed by atoms with Crippen molar-refractivity contribution in [3.8, 4) is 11.5 Å². The number of hydrogen-bond donors (Lipinski definition) is 1. The molecule has 0 bridgehead atoms. The number of benzene rings is 1. The third-order valence-corrected chi connectivity index (χ3v) is 3.32. The van der Waals surface area contributed by atoms with E-state index in [1.807, 2.05) is 39.0 Å². The molecule has 1 aromatic carbocycles. The number of hydrogen-bond acceptors (Lipinski definition) is 5. The molecule has 6 nitrogen and oxygen atoms in total. The fourth-order valence-electron chi connectivity index (χ4n) is 2.25. The second-order valence-electron chi connectivity index (χ2n) is 6.25. The summed E-state index contributed by atoms with van der Waals surface area (Å²) in [7, 11) is 1.68. The van der Waals surface area contributed by atoms with Crippen LogP contribution < -0.4 is 15.2 Å². The van der Waals surface area contributed by atoms with Crippen molar-refractivity contribution in [1.29, 1.82) is 0 Å². The first-order valence-electron chi connectivity index (χ1n) is 7.37. The molecule has 0 radical (unpaired) electrons. The number of likely N-dealkylation sites (N-methyl/N-ethyl adjacent to an activating group) is 1. The van der Waals surface area contributed by atoms with E-state index in [0.717, 1.165) is 5.56 Å². The average molecular weight is 308 g/mol. The predicted molar refractivity (Wildman–Crippen MR) is 83.2 cm³/mol. The summed E-state index contributed by atoms with van der Waals surface area (Å²) < 4.78 is 16.5. The molecule has 0 saturated heterocycles. The Bertz CT molecular complexity index is 539. The van der Waals surface area contributed by atoms with Gasteiger partial charge in [0.25, 0.3) is 0 Å². The van der Waals surface area contributed by atoms with Crippen molar-refractivity contribution in [2.45, 2.75) is 32.4 Å². The van der Waals surface area contributed by atoms with E-state index in [1.165, 1.54) is 4.90 Å². The Hall–Kier alpha value is -1.95. The van der Waals surface area contributed by atoms with E-state index < -0.39 is 11.7 Å². The number of amides is 1. The molecule has 1 unspecified atom stereocenters. The molecule has 22 heavy (non-hydrogen) atoms. The van der Waals surface area contributed by atoms with Crippen LogP contribution in [-0.2, 0) is 4.74 Å². The van der Waals surface area contributed by atoms with Crippen LogP contribution >= 0.6 is 0 Å². The zero-order valence-electron chi connectivity index (χ0n) is 13.6. The maximum Gasteiger partial charge on any atom is 0.410 e. The first kappa shape index (κ1) is 16.4. The Balaban J connectivity index is 2.18. The smallest absolute Gasteiger partial charge is 0.410 e. The van der Waals surface area contributed by atoms with Crippen molar-refractivity contribution in [2.75, 3.05) is 26.8 Å². The monoisotopic (exact) mass is 308 g/mol. The van der Waals surface area contributed by atoms with Gasteiger partial charge in [-0.25, -0.2) is 4.79 Å². The number of ether oxygens (including phenoxy) is 3. The minimum absolute atomic E-state index is 0.286. The highest BCUT2D eigenvalue weighted by molar-refractivity contribution is 5.68. The molecule has 1 aromatic rings. The van der Waals surface area contributed by atoms with Crippen LogP contribution in [0, 0.1) is 0 Å². The highest BCUT2D eigenvalue weighted by atomic mass is 16.6. The van der Waals surface area contributed by atoms with Crippen LogP contribution in [0.1, 0.15) is 32.4 Å². The molecule has 1 heterocycles. The number of rotatable bonds is 3. The Kier molecular flexibility index (Phi) is 4.81. The standard InChI is InChI=1S/C16H24N2O4/c1-16(2,3)22-15(19)18(4)12(10-17)11-5-6-13-14(9-11)21-8-7-20-13/h5-6,9,12H,7-8,10,17H2,1-4H3. The maximum atomic E-state index is 12.2. The van der Waals surface area contributed by atoms with Crippen molar-refractivity contribution in [2.24, 2.45) is 5.73 Å². The van der Waals surface area contributed by atoms with Crippen LogP contribution in [0.15, 0.2) is 18.2 Å². The van der Waals surface area contributed by atoms with Gasteiger partial charge in [-0.3, -0.25) is 0 Å². The van der Waals surface area contributed by atoms with E-state index in [1.54, 1.807) is 7.05 Å². The largest absolute Gasteiger partial charge is 0.486 e. The number of carbonyl (C=O) groups excluding carboxylic acids is 1. The average Bonchev–Trinajstić information content (AvgIpc) is 2.46. The molecule has 2 N–H and O–H groups in total. The van der Waals surface area contributed by atoms with Crippen LogP contribution in [0.4, 0.5) is 4.79 Å². The molecule has 1 amide bonds. The van der Waals surface area contributed by atoms with E-state index in [9.17, 15) is 4.79 Å². The molecule has 2 rings (SSSR count). The van der Waals surface area contributed by atoms with E-state index >= 15 is 0 Å². The van der Waals surface area contributed by atoms with E-state index in [4.69, 9.17) is 19.9 Å². The molecule has 1 atom stereocenters. The lowest BCUT2D eigenvalue weighted by atomic mass is 10.1. The van der Waals surface area contributed by atoms with Gasteiger partial charge in [0.2, 0.25) is 0 Å². The second kappa shape index (κ2) is 6.44. The molecule has 0 spiro atoms. The zero-order chi connectivity index (χ0) is 16.3. The van der Waals surface area contributed by atoms with E-state index in [-0.39, 0.29) is 12.6 Å².